The molecule has 2 aromatic rings. The van der Waals surface area contributed by atoms with Crippen molar-refractivity contribution in [2.24, 2.45) is 0 Å². The summed E-state index contributed by atoms with van der Waals surface area (Å²) in [6.07, 6.45) is 0. The molecule has 0 aliphatic heterocycles. The Morgan fingerprint density at radius 1 is 1.55 bits per heavy atom. The fourth-order valence-corrected chi connectivity index (χ4v) is 2.98. The van der Waals surface area contributed by atoms with Crippen molar-refractivity contribution in [3.63, 3.8) is 0 Å². The Hall–Kier alpha value is -1.40. The molecule has 0 aliphatic carbocycles. The number of aryl methyl sites for hydroxylation is 1. The maximum Gasteiger partial charge on any atom is 0.244 e. The topological polar surface area (TPSA) is 58.1 Å². The van der Waals surface area contributed by atoms with E-state index in [1.54, 1.807) is 23.3 Å². The van der Waals surface area contributed by atoms with Crippen molar-refractivity contribution in [2.45, 2.75) is 26.8 Å². The van der Waals surface area contributed by atoms with Crippen molar-refractivity contribution in [1.29, 1.82) is 0 Å². The third-order valence-corrected chi connectivity index (χ3v) is 4.18. The molecule has 1 amide bonds. The lowest BCUT2D eigenvalue weighted by molar-refractivity contribution is -0.130. The van der Waals surface area contributed by atoms with Gasteiger partial charge in [-0.05, 0) is 38.4 Å². The van der Waals surface area contributed by atoms with E-state index in [-0.39, 0.29) is 17.2 Å². The molecule has 1 unspecified atom stereocenters. The average molecular weight is 313 g/mol. The van der Waals surface area contributed by atoms with E-state index in [4.69, 9.17) is 11.6 Å². The summed E-state index contributed by atoms with van der Waals surface area (Å²) >= 11 is 7.49. The minimum atomic E-state index is -0.366. The minimum Gasteiger partial charge on any atom is -0.358 e. The molecule has 2 aromatic heterocycles. The molecule has 1 atom stereocenters. The predicted octanol–water partition coefficient (Wildman–Crippen LogP) is 2.93. The quantitative estimate of drug-likeness (QED) is 0.882. The number of likely N-dealkylation sites (N-methyl/N-ethyl adjacent to an activating group) is 1. The van der Waals surface area contributed by atoms with Crippen LogP contribution in [-0.2, 0) is 4.79 Å². The molecule has 0 fully saturated rings. The molecule has 0 aromatic carbocycles. The third kappa shape index (κ3) is 3.02. The Labute approximate surface area is 127 Å². The van der Waals surface area contributed by atoms with Gasteiger partial charge >= 0.3 is 0 Å². The number of fused-ring (bicyclic) bond motifs is 1. The first-order valence-corrected chi connectivity index (χ1v) is 7.57. The van der Waals surface area contributed by atoms with E-state index < -0.39 is 0 Å². The summed E-state index contributed by atoms with van der Waals surface area (Å²) in [5, 5.41) is 4.22. The first kappa shape index (κ1) is 15.0. The van der Waals surface area contributed by atoms with Gasteiger partial charge in [-0.1, -0.05) is 0 Å². The number of amides is 1. The van der Waals surface area contributed by atoms with Crippen LogP contribution in [0, 0.1) is 6.92 Å². The summed E-state index contributed by atoms with van der Waals surface area (Å²) in [7, 11) is 1.78. The molecule has 1 N–H and O–H groups in total. The number of rotatable bonds is 4. The van der Waals surface area contributed by atoms with Gasteiger partial charge in [-0.15, -0.1) is 11.3 Å². The smallest absolute Gasteiger partial charge is 0.244 e. The number of anilines is 1. The van der Waals surface area contributed by atoms with Crippen LogP contribution in [0.3, 0.4) is 0 Å². The number of halogens is 1. The summed E-state index contributed by atoms with van der Waals surface area (Å²) in [6, 6.07) is 1.63. The van der Waals surface area contributed by atoms with Crippen LogP contribution in [0.25, 0.3) is 10.2 Å². The van der Waals surface area contributed by atoms with E-state index in [1.807, 2.05) is 26.8 Å². The Balaban J connectivity index is 2.31. The van der Waals surface area contributed by atoms with E-state index in [9.17, 15) is 4.79 Å². The van der Waals surface area contributed by atoms with Crippen LogP contribution in [0.4, 0.5) is 5.82 Å². The molecule has 0 saturated carbocycles. The maximum atomic E-state index is 12.1. The highest BCUT2D eigenvalue weighted by molar-refractivity contribution is 7.18. The van der Waals surface area contributed by atoms with E-state index in [0.29, 0.717) is 12.4 Å². The number of hydrogen-bond donors (Lipinski definition) is 1. The van der Waals surface area contributed by atoms with Gasteiger partial charge in [-0.2, -0.15) is 0 Å². The lowest BCUT2D eigenvalue weighted by Gasteiger charge is -2.21. The Kier molecular flexibility index (Phi) is 4.45. The molecular weight excluding hydrogens is 296 g/mol. The molecule has 2 rings (SSSR count). The van der Waals surface area contributed by atoms with Gasteiger partial charge in [0.2, 0.25) is 11.2 Å². The molecule has 0 radical (unpaired) electrons. The van der Waals surface area contributed by atoms with Crippen LogP contribution in [0.5, 0.6) is 0 Å². The van der Waals surface area contributed by atoms with Crippen molar-refractivity contribution < 1.29 is 4.79 Å². The van der Waals surface area contributed by atoms with Gasteiger partial charge in [0.25, 0.3) is 0 Å². The zero-order valence-corrected chi connectivity index (χ0v) is 13.5. The summed E-state index contributed by atoms with van der Waals surface area (Å²) in [5.74, 6) is 0.622. The largest absolute Gasteiger partial charge is 0.358 e. The number of carbonyl (C=O) groups excluding carboxylic acids is 1. The first-order valence-electron chi connectivity index (χ1n) is 6.37. The van der Waals surface area contributed by atoms with Gasteiger partial charge < -0.3 is 10.2 Å². The normalized spacial score (nSPS) is 12.4. The van der Waals surface area contributed by atoms with Crippen molar-refractivity contribution in [3.05, 3.63) is 16.2 Å². The second kappa shape index (κ2) is 5.93. The van der Waals surface area contributed by atoms with Gasteiger partial charge in [-0.25, -0.2) is 9.97 Å². The molecule has 7 heteroatoms. The lowest BCUT2D eigenvalue weighted by Crippen LogP contribution is -2.39. The number of nitrogens with one attached hydrogen (secondary N) is 1. The number of hydrogen-bond acceptors (Lipinski definition) is 5. The molecule has 2 heterocycles. The molecule has 108 valence electrons. The molecular formula is C13H17ClN4OS. The van der Waals surface area contributed by atoms with Crippen molar-refractivity contribution in [1.82, 2.24) is 14.9 Å². The molecule has 0 aliphatic rings. The summed E-state index contributed by atoms with van der Waals surface area (Å²) in [5.41, 5.74) is 0. The fourth-order valence-electron chi connectivity index (χ4n) is 1.88. The van der Waals surface area contributed by atoms with Crippen molar-refractivity contribution >= 4 is 44.9 Å². The number of aromatic nitrogens is 2. The van der Waals surface area contributed by atoms with Gasteiger partial charge in [-0.3, -0.25) is 4.79 Å². The van der Waals surface area contributed by atoms with Crippen LogP contribution in [-0.4, -0.2) is 40.4 Å². The van der Waals surface area contributed by atoms with Gasteiger partial charge in [0.05, 0.1) is 5.39 Å². The minimum absolute atomic E-state index is 0.0161. The number of carbonyl (C=O) groups is 1. The van der Waals surface area contributed by atoms with Crippen molar-refractivity contribution in [2.75, 3.05) is 18.9 Å². The van der Waals surface area contributed by atoms with Gasteiger partial charge in [0.15, 0.2) is 0 Å². The Bertz CT molecular complexity index is 643. The lowest BCUT2D eigenvalue weighted by atomic mass is 10.2. The van der Waals surface area contributed by atoms with E-state index in [0.717, 1.165) is 15.1 Å². The molecule has 0 spiro atoms. The molecule has 0 saturated heterocycles. The van der Waals surface area contributed by atoms with Crippen LogP contribution >= 0.6 is 22.9 Å². The van der Waals surface area contributed by atoms with Gasteiger partial charge in [0, 0.05) is 18.5 Å². The van der Waals surface area contributed by atoms with Crippen LogP contribution in [0.2, 0.25) is 5.28 Å². The fraction of sp³-hybridized carbons (Fsp3) is 0.462. The van der Waals surface area contributed by atoms with Crippen molar-refractivity contribution in [3.8, 4) is 0 Å². The highest BCUT2D eigenvalue weighted by Crippen LogP contribution is 2.29. The van der Waals surface area contributed by atoms with E-state index in [2.05, 4.69) is 15.3 Å². The van der Waals surface area contributed by atoms with E-state index in [1.165, 1.54) is 0 Å². The van der Waals surface area contributed by atoms with Crippen LogP contribution in [0.15, 0.2) is 6.07 Å². The summed E-state index contributed by atoms with van der Waals surface area (Å²) in [6.45, 7) is 6.42. The predicted molar refractivity (Wildman–Crippen MR) is 83.6 cm³/mol. The Morgan fingerprint density at radius 2 is 2.25 bits per heavy atom. The summed E-state index contributed by atoms with van der Waals surface area (Å²) < 4.78 is 0. The first-order chi connectivity index (χ1) is 9.42. The average Bonchev–Trinajstić information content (AvgIpc) is 2.77. The van der Waals surface area contributed by atoms with Crippen LogP contribution in [0.1, 0.15) is 18.7 Å². The summed E-state index contributed by atoms with van der Waals surface area (Å²) in [4.78, 5) is 24.1. The number of nitrogens with zero attached hydrogens (tertiary/aromatic N) is 3. The molecule has 0 bridgehead atoms. The zero-order chi connectivity index (χ0) is 14.9. The van der Waals surface area contributed by atoms with E-state index >= 15 is 0 Å². The highest BCUT2D eigenvalue weighted by Gasteiger charge is 2.19. The number of thiophene rings is 1. The Morgan fingerprint density at radius 3 is 2.90 bits per heavy atom. The monoisotopic (exact) mass is 312 g/mol. The second-order valence-corrected chi connectivity index (χ2v) is 6.21. The maximum absolute atomic E-state index is 12.1. The second-order valence-electron chi connectivity index (χ2n) is 4.64. The zero-order valence-electron chi connectivity index (χ0n) is 11.9. The highest BCUT2D eigenvalue weighted by atomic mass is 35.5. The molecule has 5 nitrogen and oxygen atoms in total. The van der Waals surface area contributed by atoms with Crippen LogP contribution < -0.4 is 5.32 Å². The standard InChI is InChI=1S/C13H17ClN4OS/c1-5-18(4)12(19)8(3)15-10-9-6-7(2)20-11(9)17-13(14)16-10/h6,8H,5H2,1-4H3,(H,15,16,17). The molecule has 20 heavy (non-hydrogen) atoms. The SMILES string of the molecule is CCN(C)C(=O)C(C)Nc1nc(Cl)nc2sc(C)cc12. The third-order valence-electron chi connectivity index (χ3n) is 3.06. The van der Waals surface area contributed by atoms with Gasteiger partial charge in [0.1, 0.15) is 16.7 Å².